The SMILES string of the molecule is CCC(CCl)NC(=O)c1coc(C)c1. The van der Waals surface area contributed by atoms with Crippen LogP contribution in [0.4, 0.5) is 0 Å². The van der Waals surface area contributed by atoms with E-state index in [9.17, 15) is 4.79 Å². The van der Waals surface area contributed by atoms with Crippen LogP contribution in [0.5, 0.6) is 0 Å². The lowest BCUT2D eigenvalue weighted by atomic mass is 10.2. The van der Waals surface area contributed by atoms with E-state index >= 15 is 0 Å². The molecular weight excluding hydrogens is 202 g/mol. The van der Waals surface area contributed by atoms with Gasteiger partial charge in [-0.15, -0.1) is 11.6 Å². The van der Waals surface area contributed by atoms with Gasteiger partial charge in [-0.25, -0.2) is 0 Å². The lowest BCUT2D eigenvalue weighted by molar-refractivity contribution is 0.0939. The van der Waals surface area contributed by atoms with Crippen LogP contribution in [0.25, 0.3) is 0 Å². The van der Waals surface area contributed by atoms with Gasteiger partial charge in [0.2, 0.25) is 0 Å². The van der Waals surface area contributed by atoms with E-state index in [0.29, 0.717) is 11.4 Å². The van der Waals surface area contributed by atoms with Crippen LogP contribution in [-0.2, 0) is 0 Å². The van der Waals surface area contributed by atoms with Crippen molar-refractivity contribution in [1.82, 2.24) is 5.32 Å². The predicted molar refractivity (Wildman–Crippen MR) is 55.7 cm³/mol. The first-order valence-electron chi connectivity index (χ1n) is 4.59. The number of aryl methyl sites for hydroxylation is 1. The maximum Gasteiger partial charge on any atom is 0.254 e. The molecule has 1 rings (SSSR count). The molecule has 14 heavy (non-hydrogen) atoms. The second-order valence-corrected chi connectivity index (χ2v) is 3.49. The van der Waals surface area contributed by atoms with Crippen LogP contribution < -0.4 is 5.32 Å². The first-order chi connectivity index (χ1) is 6.67. The van der Waals surface area contributed by atoms with Crippen molar-refractivity contribution < 1.29 is 9.21 Å². The van der Waals surface area contributed by atoms with Crippen molar-refractivity contribution in [3.05, 3.63) is 23.7 Å². The number of carbonyl (C=O) groups is 1. The highest BCUT2D eigenvalue weighted by Gasteiger charge is 2.12. The van der Waals surface area contributed by atoms with Crippen molar-refractivity contribution in [3.63, 3.8) is 0 Å². The van der Waals surface area contributed by atoms with E-state index in [0.717, 1.165) is 12.2 Å². The largest absolute Gasteiger partial charge is 0.469 e. The Kier molecular flexibility index (Phi) is 4.01. The van der Waals surface area contributed by atoms with Gasteiger partial charge in [-0.05, 0) is 19.4 Å². The van der Waals surface area contributed by atoms with Gasteiger partial charge in [0.05, 0.1) is 5.56 Å². The van der Waals surface area contributed by atoms with E-state index in [1.54, 1.807) is 13.0 Å². The monoisotopic (exact) mass is 215 g/mol. The summed E-state index contributed by atoms with van der Waals surface area (Å²) in [7, 11) is 0. The number of furan rings is 1. The summed E-state index contributed by atoms with van der Waals surface area (Å²) in [4.78, 5) is 11.6. The minimum Gasteiger partial charge on any atom is -0.469 e. The molecule has 1 aromatic heterocycles. The zero-order valence-electron chi connectivity index (χ0n) is 8.34. The van der Waals surface area contributed by atoms with Gasteiger partial charge in [-0.3, -0.25) is 4.79 Å². The quantitative estimate of drug-likeness (QED) is 0.784. The first-order valence-corrected chi connectivity index (χ1v) is 5.12. The summed E-state index contributed by atoms with van der Waals surface area (Å²) in [6.45, 7) is 3.78. The molecule has 1 heterocycles. The van der Waals surface area contributed by atoms with Gasteiger partial charge in [0.1, 0.15) is 12.0 Å². The molecule has 1 unspecified atom stereocenters. The standard InChI is InChI=1S/C10H14ClNO2/c1-3-9(5-11)12-10(13)8-4-7(2)14-6-8/h4,6,9H,3,5H2,1-2H3,(H,12,13). The van der Waals surface area contributed by atoms with Crippen LogP contribution in [0.15, 0.2) is 16.7 Å². The normalized spacial score (nSPS) is 12.5. The van der Waals surface area contributed by atoms with Crippen LogP contribution in [0.1, 0.15) is 29.5 Å². The molecule has 0 radical (unpaired) electrons. The molecule has 3 nitrogen and oxygen atoms in total. The Balaban J connectivity index is 2.58. The molecule has 1 amide bonds. The summed E-state index contributed by atoms with van der Waals surface area (Å²) < 4.78 is 5.04. The lowest BCUT2D eigenvalue weighted by Gasteiger charge is -2.12. The number of hydrogen-bond acceptors (Lipinski definition) is 2. The van der Waals surface area contributed by atoms with Crippen molar-refractivity contribution in [2.75, 3.05) is 5.88 Å². The third-order valence-electron chi connectivity index (χ3n) is 2.01. The average molecular weight is 216 g/mol. The smallest absolute Gasteiger partial charge is 0.254 e. The molecule has 0 spiro atoms. The lowest BCUT2D eigenvalue weighted by Crippen LogP contribution is -2.35. The number of nitrogens with one attached hydrogen (secondary N) is 1. The fraction of sp³-hybridized carbons (Fsp3) is 0.500. The molecule has 0 saturated heterocycles. The topological polar surface area (TPSA) is 42.2 Å². The van der Waals surface area contributed by atoms with Crippen LogP contribution in [0, 0.1) is 6.92 Å². The molecule has 0 aliphatic rings. The van der Waals surface area contributed by atoms with Crippen LogP contribution in [0.2, 0.25) is 0 Å². The van der Waals surface area contributed by atoms with E-state index in [-0.39, 0.29) is 11.9 Å². The molecule has 0 bridgehead atoms. The molecule has 0 aliphatic heterocycles. The first kappa shape index (κ1) is 11.1. The Morgan fingerprint density at radius 2 is 2.43 bits per heavy atom. The van der Waals surface area contributed by atoms with Crippen molar-refractivity contribution >= 4 is 17.5 Å². The van der Waals surface area contributed by atoms with Gasteiger partial charge in [0.25, 0.3) is 5.91 Å². The molecule has 0 aliphatic carbocycles. The van der Waals surface area contributed by atoms with Gasteiger partial charge in [0, 0.05) is 11.9 Å². The maximum atomic E-state index is 11.6. The van der Waals surface area contributed by atoms with Gasteiger partial charge in [0.15, 0.2) is 0 Å². The third kappa shape index (κ3) is 2.77. The summed E-state index contributed by atoms with van der Waals surface area (Å²) in [5.41, 5.74) is 0.547. The molecule has 1 N–H and O–H groups in total. The Labute approximate surface area is 88.4 Å². The van der Waals surface area contributed by atoms with Crippen molar-refractivity contribution in [1.29, 1.82) is 0 Å². The summed E-state index contributed by atoms with van der Waals surface area (Å²) in [5, 5.41) is 2.82. The highest BCUT2D eigenvalue weighted by molar-refractivity contribution is 6.18. The zero-order chi connectivity index (χ0) is 10.6. The van der Waals surface area contributed by atoms with Crippen LogP contribution in [0.3, 0.4) is 0 Å². The molecule has 4 heteroatoms. The van der Waals surface area contributed by atoms with E-state index in [2.05, 4.69) is 5.32 Å². The van der Waals surface area contributed by atoms with Crippen molar-refractivity contribution in [2.24, 2.45) is 0 Å². The van der Waals surface area contributed by atoms with E-state index in [4.69, 9.17) is 16.0 Å². The number of alkyl halides is 1. The fourth-order valence-corrected chi connectivity index (χ4v) is 1.38. The van der Waals surface area contributed by atoms with Gasteiger partial charge in [-0.1, -0.05) is 6.92 Å². The number of halogens is 1. The Bertz CT molecular complexity index is 305. The number of amides is 1. The van der Waals surface area contributed by atoms with Crippen molar-refractivity contribution in [2.45, 2.75) is 26.3 Å². The van der Waals surface area contributed by atoms with Gasteiger partial charge < -0.3 is 9.73 Å². The summed E-state index contributed by atoms with van der Waals surface area (Å²) in [6.07, 6.45) is 2.28. The minimum absolute atomic E-state index is 0.0272. The molecule has 1 aromatic rings. The fourth-order valence-electron chi connectivity index (χ4n) is 1.08. The zero-order valence-corrected chi connectivity index (χ0v) is 9.10. The number of rotatable bonds is 4. The summed E-state index contributed by atoms with van der Waals surface area (Å²) in [6, 6.07) is 1.73. The Morgan fingerprint density at radius 3 is 2.86 bits per heavy atom. The summed E-state index contributed by atoms with van der Waals surface area (Å²) in [5.74, 6) is 1.03. The van der Waals surface area contributed by atoms with Crippen molar-refractivity contribution in [3.8, 4) is 0 Å². The second-order valence-electron chi connectivity index (χ2n) is 3.18. The van der Waals surface area contributed by atoms with E-state index < -0.39 is 0 Å². The summed E-state index contributed by atoms with van der Waals surface area (Å²) >= 11 is 5.67. The third-order valence-corrected chi connectivity index (χ3v) is 2.38. The molecule has 0 aromatic carbocycles. The van der Waals surface area contributed by atoms with E-state index in [1.165, 1.54) is 6.26 Å². The Morgan fingerprint density at radius 1 is 1.71 bits per heavy atom. The molecule has 0 saturated carbocycles. The average Bonchev–Trinajstić information content (AvgIpc) is 2.61. The maximum absolute atomic E-state index is 11.6. The van der Waals surface area contributed by atoms with Gasteiger partial charge >= 0.3 is 0 Å². The highest BCUT2D eigenvalue weighted by Crippen LogP contribution is 2.06. The Hall–Kier alpha value is -0.960. The molecular formula is C10H14ClNO2. The second kappa shape index (κ2) is 5.05. The molecule has 78 valence electrons. The molecule has 1 atom stereocenters. The molecule has 0 fully saturated rings. The van der Waals surface area contributed by atoms with Gasteiger partial charge in [-0.2, -0.15) is 0 Å². The number of carbonyl (C=O) groups excluding carboxylic acids is 1. The highest BCUT2D eigenvalue weighted by atomic mass is 35.5. The predicted octanol–water partition coefficient (Wildman–Crippen LogP) is 2.34. The minimum atomic E-state index is -0.130. The van der Waals surface area contributed by atoms with Crippen LogP contribution >= 0.6 is 11.6 Å². The van der Waals surface area contributed by atoms with E-state index in [1.807, 2.05) is 6.92 Å². The number of hydrogen-bond donors (Lipinski definition) is 1. The van der Waals surface area contributed by atoms with Crippen LogP contribution in [-0.4, -0.2) is 17.8 Å².